The largest absolute Gasteiger partial charge is 0.471 e. The first-order valence-corrected chi connectivity index (χ1v) is 4.15. The zero-order valence-corrected chi connectivity index (χ0v) is 7.27. The van der Waals surface area contributed by atoms with E-state index in [1.165, 1.54) is 0 Å². The van der Waals surface area contributed by atoms with Crippen molar-refractivity contribution in [3.05, 3.63) is 0 Å². The molecule has 14 heavy (non-hydrogen) atoms. The molecule has 1 aliphatic heterocycles. The Morgan fingerprint density at radius 1 is 1.50 bits per heavy atom. The van der Waals surface area contributed by atoms with E-state index in [9.17, 15) is 23.1 Å². The van der Waals surface area contributed by atoms with E-state index >= 15 is 0 Å². The fraction of sp³-hybridized carbons (Fsp3) is 0.857. The van der Waals surface area contributed by atoms with Crippen molar-refractivity contribution in [1.29, 1.82) is 0 Å². The maximum atomic E-state index is 11.7. The average Bonchev–Trinajstić information content (AvgIpc) is 2.45. The van der Waals surface area contributed by atoms with Crippen LogP contribution >= 0.6 is 0 Å². The van der Waals surface area contributed by atoms with Crippen LogP contribution < -0.4 is 10.6 Å². The Morgan fingerprint density at radius 3 is 2.57 bits per heavy atom. The number of aliphatic hydroxyl groups excluding tert-OH is 1. The van der Waals surface area contributed by atoms with Gasteiger partial charge in [0, 0.05) is 25.6 Å². The van der Waals surface area contributed by atoms with Gasteiger partial charge in [-0.15, -0.1) is 0 Å². The first-order chi connectivity index (χ1) is 6.41. The molecule has 0 spiro atoms. The van der Waals surface area contributed by atoms with Gasteiger partial charge >= 0.3 is 12.1 Å². The molecule has 0 bridgehead atoms. The van der Waals surface area contributed by atoms with E-state index in [2.05, 4.69) is 5.32 Å². The number of alkyl halides is 3. The molecular weight excluding hydrogens is 201 g/mol. The molecule has 4 nitrogen and oxygen atoms in total. The number of carbonyl (C=O) groups is 1. The molecule has 0 aromatic rings. The molecule has 2 atom stereocenters. The van der Waals surface area contributed by atoms with Gasteiger partial charge in [-0.25, -0.2) is 0 Å². The molecule has 1 amide bonds. The molecule has 1 rings (SSSR count). The third-order valence-corrected chi connectivity index (χ3v) is 2.09. The van der Waals surface area contributed by atoms with Crippen LogP contribution in [0.15, 0.2) is 0 Å². The fourth-order valence-electron chi connectivity index (χ4n) is 1.25. The summed E-state index contributed by atoms with van der Waals surface area (Å²) in [4.78, 5) is 10.4. The van der Waals surface area contributed by atoms with Crippen LogP contribution in [0.25, 0.3) is 0 Å². The van der Waals surface area contributed by atoms with E-state index in [1.54, 1.807) is 5.32 Å². The first-order valence-electron chi connectivity index (χ1n) is 4.15. The Morgan fingerprint density at radius 2 is 2.14 bits per heavy atom. The van der Waals surface area contributed by atoms with Crippen molar-refractivity contribution in [2.45, 2.75) is 12.3 Å². The zero-order chi connectivity index (χ0) is 10.8. The van der Waals surface area contributed by atoms with E-state index in [0.717, 1.165) is 0 Å². The molecule has 82 valence electrons. The maximum Gasteiger partial charge on any atom is 0.471 e. The molecule has 1 aliphatic rings. The van der Waals surface area contributed by atoms with Crippen LogP contribution in [0.3, 0.4) is 0 Å². The van der Waals surface area contributed by atoms with Crippen molar-refractivity contribution < 1.29 is 23.1 Å². The molecule has 1 heterocycles. The number of carbonyl (C=O) groups excluding carboxylic acids is 1. The van der Waals surface area contributed by atoms with Crippen molar-refractivity contribution in [3.63, 3.8) is 0 Å². The van der Waals surface area contributed by atoms with Gasteiger partial charge in [0.15, 0.2) is 0 Å². The van der Waals surface area contributed by atoms with Crippen molar-refractivity contribution in [2.24, 2.45) is 5.92 Å². The fourth-order valence-corrected chi connectivity index (χ4v) is 1.25. The minimum Gasteiger partial charge on any atom is -0.391 e. The molecule has 1 saturated heterocycles. The van der Waals surface area contributed by atoms with Crippen molar-refractivity contribution in [2.75, 3.05) is 19.6 Å². The predicted molar refractivity (Wildman–Crippen MR) is 41.4 cm³/mol. The molecule has 7 heteroatoms. The third-order valence-electron chi connectivity index (χ3n) is 2.09. The molecular formula is C7H11F3N2O2. The Balaban J connectivity index is 2.30. The second-order valence-electron chi connectivity index (χ2n) is 3.19. The second-order valence-corrected chi connectivity index (χ2v) is 3.19. The summed E-state index contributed by atoms with van der Waals surface area (Å²) in [7, 11) is 0. The number of hydrogen-bond acceptors (Lipinski definition) is 3. The molecule has 0 radical (unpaired) electrons. The Kier molecular flexibility index (Phi) is 3.33. The second kappa shape index (κ2) is 4.14. The van der Waals surface area contributed by atoms with E-state index < -0.39 is 18.2 Å². The topological polar surface area (TPSA) is 61.4 Å². The van der Waals surface area contributed by atoms with Gasteiger partial charge in [-0.1, -0.05) is 0 Å². The van der Waals surface area contributed by atoms with E-state index in [4.69, 9.17) is 0 Å². The van der Waals surface area contributed by atoms with Gasteiger partial charge in [-0.05, 0) is 0 Å². The van der Waals surface area contributed by atoms with Gasteiger partial charge in [0.25, 0.3) is 0 Å². The minimum atomic E-state index is -4.85. The SMILES string of the molecule is O=C(NCC1CNCC1O)C(F)(F)F. The Hall–Kier alpha value is -0.820. The summed E-state index contributed by atoms with van der Waals surface area (Å²) in [6.45, 7) is 0.609. The summed E-state index contributed by atoms with van der Waals surface area (Å²) in [5.41, 5.74) is 0. The van der Waals surface area contributed by atoms with E-state index in [0.29, 0.717) is 13.1 Å². The lowest BCUT2D eigenvalue weighted by molar-refractivity contribution is -0.173. The van der Waals surface area contributed by atoms with Gasteiger partial charge in [0.05, 0.1) is 6.10 Å². The first kappa shape index (κ1) is 11.3. The van der Waals surface area contributed by atoms with Crippen molar-refractivity contribution in [1.82, 2.24) is 10.6 Å². The van der Waals surface area contributed by atoms with Crippen LogP contribution in [-0.2, 0) is 4.79 Å². The number of β-amino-alcohol motifs (C(OH)–C–C–N with tert-alkyl or cyclic N) is 1. The number of halogens is 3. The molecule has 2 unspecified atom stereocenters. The van der Waals surface area contributed by atoms with Gasteiger partial charge < -0.3 is 15.7 Å². The summed E-state index contributed by atoms with van der Waals surface area (Å²) in [6, 6.07) is 0. The smallest absolute Gasteiger partial charge is 0.391 e. The summed E-state index contributed by atoms with van der Waals surface area (Å²) in [6.07, 6.45) is -5.54. The van der Waals surface area contributed by atoms with Crippen LogP contribution in [0.1, 0.15) is 0 Å². The van der Waals surface area contributed by atoms with Gasteiger partial charge in [-0.3, -0.25) is 4.79 Å². The lowest BCUT2D eigenvalue weighted by Crippen LogP contribution is -2.41. The molecule has 1 fully saturated rings. The van der Waals surface area contributed by atoms with Crippen LogP contribution in [0.5, 0.6) is 0 Å². The van der Waals surface area contributed by atoms with Gasteiger partial charge in [-0.2, -0.15) is 13.2 Å². The van der Waals surface area contributed by atoms with E-state index in [1.807, 2.05) is 0 Å². The molecule has 0 saturated carbocycles. The van der Waals surface area contributed by atoms with Crippen LogP contribution in [-0.4, -0.2) is 42.9 Å². The highest BCUT2D eigenvalue weighted by Gasteiger charge is 2.39. The third kappa shape index (κ3) is 2.85. The number of nitrogens with one attached hydrogen (secondary N) is 2. The number of hydrogen-bond donors (Lipinski definition) is 3. The maximum absolute atomic E-state index is 11.7. The highest BCUT2D eigenvalue weighted by atomic mass is 19.4. The number of rotatable bonds is 2. The highest BCUT2D eigenvalue weighted by molar-refractivity contribution is 5.81. The predicted octanol–water partition coefficient (Wildman–Crippen LogP) is -0.755. The Labute approximate surface area is 78.5 Å². The summed E-state index contributed by atoms with van der Waals surface area (Å²) < 4.78 is 35.2. The molecule has 0 aromatic carbocycles. The summed E-state index contributed by atoms with van der Waals surface area (Å²) >= 11 is 0. The monoisotopic (exact) mass is 212 g/mol. The normalized spacial score (nSPS) is 27.7. The van der Waals surface area contributed by atoms with Crippen molar-refractivity contribution in [3.8, 4) is 0 Å². The standard InChI is InChI=1S/C7H11F3N2O2/c8-7(9,10)6(14)12-2-4-1-11-3-5(4)13/h4-5,11,13H,1-3H2,(H,12,14). The van der Waals surface area contributed by atoms with E-state index in [-0.39, 0.29) is 12.5 Å². The minimum absolute atomic E-state index is 0.160. The Bertz CT molecular complexity index is 219. The average molecular weight is 212 g/mol. The van der Waals surface area contributed by atoms with Crippen LogP contribution in [0, 0.1) is 5.92 Å². The molecule has 3 N–H and O–H groups in total. The van der Waals surface area contributed by atoms with Crippen molar-refractivity contribution >= 4 is 5.91 Å². The quantitative estimate of drug-likeness (QED) is 0.564. The molecule has 0 aromatic heterocycles. The van der Waals surface area contributed by atoms with Crippen LogP contribution in [0.2, 0.25) is 0 Å². The summed E-state index contributed by atoms with van der Waals surface area (Å²) in [5, 5.41) is 13.7. The summed E-state index contributed by atoms with van der Waals surface area (Å²) in [5.74, 6) is -2.31. The lowest BCUT2D eigenvalue weighted by atomic mass is 10.1. The number of aliphatic hydroxyl groups is 1. The number of amides is 1. The highest BCUT2D eigenvalue weighted by Crippen LogP contribution is 2.15. The zero-order valence-electron chi connectivity index (χ0n) is 7.27. The van der Waals surface area contributed by atoms with Gasteiger partial charge in [0.1, 0.15) is 0 Å². The van der Waals surface area contributed by atoms with Crippen LogP contribution in [0.4, 0.5) is 13.2 Å². The molecule has 0 aliphatic carbocycles. The lowest BCUT2D eigenvalue weighted by Gasteiger charge is -2.14. The van der Waals surface area contributed by atoms with Gasteiger partial charge in [0.2, 0.25) is 0 Å².